The van der Waals surface area contributed by atoms with Crippen molar-refractivity contribution in [2.75, 3.05) is 0 Å². The van der Waals surface area contributed by atoms with E-state index < -0.39 is 0 Å². The number of rotatable bonds is 3. The lowest BCUT2D eigenvalue weighted by Gasteiger charge is -2.47. The molecule has 1 heterocycles. The Morgan fingerprint density at radius 1 is 1.17 bits per heavy atom. The van der Waals surface area contributed by atoms with Crippen molar-refractivity contribution in [3.8, 4) is 0 Å². The Morgan fingerprint density at radius 3 is 2.61 bits per heavy atom. The van der Waals surface area contributed by atoms with Crippen molar-refractivity contribution < 1.29 is 20.1 Å². The summed E-state index contributed by atoms with van der Waals surface area (Å²) in [5, 5.41) is 0. The first-order valence-corrected chi connectivity index (χ1v) is 13.5. The van der Waals surface area contributed by atoms with Gasteiger partial charge in [0.1, 0.15) is 11.9 Å². The minimum Gasteiger partial charge on any atom is -0.462 e. The number of carbonyl (C=O) groups is 2. The first kappa shape index (κ1) is 26.4. The fourth-order valence-electron chi connectivity index (χ4n) is 7.15. The van der Waals surface area contributed by atoms with Crippen LogP contribution in [0.15, 0.2) is 54.1 Å². The maximum Gasteiger partial charge on any atom is 0.309 e. The average Bonchev–Trinajstić information content (AvgIpc) is 3.09. The van der Waals surface area contributed by atoms with E-state index in [1.165, 1.54) is 43.4 Å². The van der Waals surface area contributed by atoms with Gasteiger partial charge in [0.25, 0.3) is 0 Å². The number of amides is 1. The summed E-state index contributed by atoms with van der Waals surface area (Å²) in [6.07, 6.45) is 14.9. The minimum atomic E-state index is -0.333. The molecular weight excluding hydrogens is 453 g/mol. The zero-order valence-corrected chi connectivity index (χ0v) is 22.0. The summed E-state index contributed by atoms with van der Waals surface area (Å²) in [6, 6.07) is 6.90. The molecule has 196 valence electrons. The number of benzene rings is 1. The van der Waals surface area contributed by atoms with Gasteiger partial charge in [0.15, 0.2) is 0 Å². The Kier molecular flexibility index (Phi) is 8.17. The summed E-state index contributed by atoms with van der Waals surface area (Å²) in [5.74, 6) is 2.74. The Bertz CT molecular complexity index is 1080. The number of fused-ring (bicyclic) bond motifs is 2. The van der Waals surface area contributed by atoms with E-state index in [2.05, 4.69) is 50.8 Å². The molecule has 1 aromatic carbocycles. The van der Waals surface area contributed by atoms with Crippen LogP contribution in [0, 0.1) is 47.2 Å². The highest BCUT2D eigenvalue weighted by Gasteiger charge is 2.54. The molecule has 1 aromatic rings. The number of hydrogen-bond acceptors (Lipinski definition) is 3. The summed E-state index contributed by atoms with van der Waals surface area (Å²) in [4.78, 5) is 21.8. The molecule has 5 heteroatoms. The van der Waals surface area contributed by atoms with Crippen LogP contribution in [0.5, 0.6) is 0 Å². The number of halogens is 1. The summed E-state index contributed by atoms with van der Waals surface area (Å²) < 4.78 is 19.4. The van der Waals surface area contributed by atoms with Crippen molar-refractivity contribution in [2.45, 2.75) is 65.9 Å². The van der Waals surface area contributed by atoms with Crippen molar-refractivity contribution in [3.05, 3.63) is 65.5 Å². The second kappa shape index (κ2) is 11.1. The van der Waals surface area contributed by atoms with Gasteiger partial charge in [-0.15, -0.1) is 0 Å². The van der Waals surface area contributed by atoms with Crippen LogP contribution < -0.4 is 5.73 Å². The van der Waals surface area contributed by atoms with Crippen molar-refractivity contribution in [1.29, 1.82) is 0 Å². The third-order valence-electron chi connectivity index (χ3n) is 8.65. The van der Waals surface area contributed by atoms with Gasteiger partial charge in [-0.1, -0.05) is 56.7 Å². The summed E-state index contributed by atoms with van der Waals surface area (Å²) >= 11 is 0. The van der Waals surface area contributed by atoms with E-state index in [-0.39, 0.29) is 31.1 Å². The molecule has 4 nitrogen and oxygen atoms in total. The van der Waals surface area contributed by atoms with Gasteiger partial charge >= 0.3 is 5.97 Å². The standard InChI is InChI=1S/C29H35FO2.C2H5NO.H2/c1-17-7-10-25-22(13-17)16-27-28(19(3)32-29(27)31)26(25)12-9-20-8-11-24(18(2)14-20)21-5-4-6-23(30)15-21;1-2(3)4;/h4-6,8-9,11-12,15,17-19,22,25-28H,7,10,13-14,16H2,1-3H3;1H3,(H2,3,4);1H/b12-9+;;/t17-,18?,19+,22+,25-,26-,27+,28-;;/m0../s1. The second-order valence-corrected chi connectivity index (χ2v) is 11.4. The molecule has 1 aliphatic heterocycles. The summed E-state index contributed by atoms with van der Waals surface area (Å²) in [6.45, 7) is 7.98. The highest BCUT2D eigenvalue weighted by Crippen LogP contribution is 2.54. The molecule has 3 fully saturated rings. The van der Waals surface area contributed by atoms with Gasteiger partial charge in [0.2, 0.25) is 5.91 Å². The SMILES string of the molecule is CC(N)=O.CC1CC(/C=C/[C@H]2[C@H]3CC[C@H](C)C[C@@H]3C[C@H]3C(=O)O[C@H](C)[C@@H]23)=CC=C1c1cccc(F)c1.[HH]. The Morgan fingerprint density at radius 2 is 1.92 bits per heavy atom. The van der Waals surface area contributed by atoms with E-state index in [1.807, 2.05) is 6.07 Å². The molecule has 2 saturated carbocycles. The van der Waals surface area contributed by atoms with Crippen LogP contribution in [0.2, 0.25) is 0 Å². The zero-order valence-electron chi connectivity index (χ0n) is 22.0. The Labute approximate surface area is 216 Å². The fraction of sp³-hybridized carbons (Fsp3) is 0.548. The molecule has 3 aliphatic carbocycles. The summed E-state index contributed by atoms with van der Waals surface area (Å²) in [7, 11) is 0. The quantitative estimate of drug-likeness (QED) is 0.473. The first-order valence-electron chi connectivity index (χ1n) is 13.5. The molecule has 0 spiro atoms. The number of ether oxygens (including phenoxy) is 1. The smallest absolute Gasteiger partial charge is 0.309 e. The molecule has 8 atom stereocenters. The van der Waals surface area contributed by atoms with E-state index in [1.54, 1.807) is 12.1 Å². The van der Waals surface area contributed by atoms with E-state index in [0.717, 1.165) is 24.3 Å². The number of hydrogen-bond donors (Lipinski definition) is 1. The lowest BCUT2D eigenvalue weighted by molar-refractivity contribution is -0.144. The number of esters is 1. The van der Waals surface area contributed by atoms with E-state index in [4.69, 9.17) is 4.74 Å². The van der Waals surface area contributed by atoms with E-state index >= 15 is 0 Å². The Hall–Kier alpha value is -2.69. The number of carbonyl (C=O) groups excluding carboxylic acids is 2. The van der Waals surface area contributed by atoms with Crippen LogP contribution in [0.3, 0.4) is 0 Å². The average molecular weight is 496 g/mol. The van der Waals surface area contributed by atoms with Crippen LogP contribution in [-0.2, 0) is 14.3 Å². The second-order valence-electron chi connectivity index (χ2n) is 11.4. The molecular formula is C31H42FNO3. The van der Waals surface area contributed by atoms with Gasteiger partial charge in [-0.2, -0.15) is 0 Å². The number of allylic oxidation sites excluding steroid dienone is 6. The molecule has 5 rings (SSSR count). The van der Waals surface area contributed by atoms with Gasteiger partial charge in [-0.05, 0) is 91.0 Å². The summed E-state index contributed by atoms with van der Waals surface area (Å²) in [5.41, 5.74) is 7.96. The third-order valence-corrected chi connectivity index (χ3v) is 8.65. The highest BCUT2D eigenvalue weighted by atomic mass is 19.1. The van der Waals surface area contributed by atoms with Crippen molar-refractivity contribution in [2.24, 2.45) is 47.2 Å². The van der Waals surface area contributed by atoms with E-state index in [0.29, 0.717) is 29.6 Å². The molecule has 2 N–H and O–H groups in total. The fourth-order valence-corrected chi connectivity index (χ4v) is 7.15. The molecule has 1 unspecified atom stereocenters. The zero-order chi connectivity index (χ0) is 26.0. The molecule has 36 heavy (non-hydrogen) atoms. The predicted molar refractivity (Wildman–Crippen MR) is 143 cm³/mol. The van der Waals surface area contributed by atoms with E-state index in [9.17, 15) is 14.0 Å². The topological polar surface area (TPSA) is 69.4 Å². The molecule has 4 aliphatic rings. The van der Waals surface area contributed by atoms with Gasteiger partial charge in [0, 0.05) is 14.3 Å². The minimum absolute atomic E-state index is 0. The Balaban J connectivity index is 0.000000711. The van der Waals surface area contributed by atoms with Crippen molar-refractivity contribution >= 4 is 17.4 Å². The highest BCUT2D eigenvalue weighted by molar-refractivity contribution is 5.75. The predicted octanol–water partition coefficient (Wildman–Crippen LogP) is 6.72. The number of nitrogens with two attached hydrogens (primary N) is 1. The lowest BCUT2D eigenvalue weighted by atomic mass is 9.56. The van der Waals surface area contributed by atoms with Crippen LogP contribution >= 0.6 is 0 Å². The number of primary amides is 1. The number of cyclic esters (lactones) is 1. The van der Waals surface area contributed by atoms with Gasteiger partial charge < -0.3 is 10.5 Å². The normalized spacial score (nSPS) is 35.5. The molecule has 1 saturated heterocycles. The maximum atomic E-state index is 13.7. The molecule has 0 radical (unpaired) electrons. The third kappa shape index (κ3) is 5.82. The van der Waals surface area contributed by atoms with Crippen molar-refractivity contribution in [1.82, 2.24) is 0 Å². The molecule has 0 aromatic heterocycles. The monoisotopic (exact) mass is 495 g/mol. The van der Waals surface area contributed by atoms with Crippen LogP contribution in [0.4, 0.5) is 4.39 Å². The van der Waals surface area contributed by atoms with Crippen molar-refractivity contribution in [3.63, 3.8) is 0 Å². The largest absolute Gasteiger partial charge is 0.462 e. The lowest BCUT2D eigenvalue weighted by Crippen LogP contribution is -2.43. The maximum absolute atomic E-state index is 13.7. The van der Waals surface area contributed by atoms with Crippen LogP contribution in [0.1, 0.15) is 66.8 Å². The first-order chi connectivity index (χ1) is 17.1. The molecule has 0 bridgehead atoms. The van der Waals surface area contributed by atoms with Gasteiger partial charge in [0.05, 0.1) is 5.92 Å². The van der Waals surface area contributed by atoms with Crippen LogP contribution in [0.25, 0.3) is 5.57 Å². The van der Waals surface area contributed by atoms with Crippen LogP contribution in [-0.4, -0.2) is 18.0 Å². The van der Waals surface area contributed by atoms with Gasteiger partial charge in [-0.25, -0.2) is 4.39 Å². The molecule has 1 amide bonds. The van der Waals surface area contributed by atoms with Gasteiger partial charge in [-0.3, -0.25) is 9.59 Å².